The van der Waals surface area contributed by atoms with Crippen molar-refractivity contribution in [3.8, 4) is 0 Å². The molecule has 0 aliphatic heterocycles. The molecule has 3 heteroatoms. The van der Waals surface area contributed by atoms with Crippen molar-refractivity contribution in [3.63, 3.8) is 0 Å². The summed E-state index contributed by atoms with van der Waals surface area (Å²) in [6.07, 6.45) is 2.01. The van der Waals surface area contributed by atoms with Crippen LogP contribution in [-0.4, -0.2) is 10.6 Å². The highest BCUT2D eigenvalue weighted by molar-refractivity contribution is 8.23. The number of aryl methyl sites for hydroxylation is 2. The van der Waals surface area contributed by atoms with Gasteiger partial charge in [0.1, 0.15) is 4.32 Å². The molecular formula is C16H17NS2. The van der Waals surface area contributed by atoms with Gasteiger partial charge in [-0.05, 0) is 55.5 Å². The van der Waals surface area contributed by atoms with E-state index in [0.717, 1.165) is 15.7 Å². The van der Waals surface area contributed by atoms with Gasteiger partial charge in [-0.25, -0.2) is 0 Å². The Morgan fingerprint density at radius 2 is 1.42 bits per heavy atom. The van der Waals surface area contributed by atoms with Crippen LogP contribution in [0.3, 0.4) is 0 Å². The molecular weight excluding hydrogens is 270 g/mol. The predicted octanol–water partition coefficient (Wildman–Crippen LogP) is 5.09. The zero-order chi connectivity index (χ0) is 13.8. The lowest BCUT2D eigenvalue weighted by atomic mass is 10.1. The third kappa shape index (κ3) is 3.37. The molecule has 0 fully saturated rings. The van der Waals surface area contributed by atoms with Gasteiger partial charge in [0.2, 0.25) is 0 Å². The molecule has 0 heterocycles. The average molecular weight is 287 g/mol. The van der Waals surface area contributed by atoms with E-state index in [1.165, 1.54) is 11.1 Å². The minimum atomic E-state index is 0.858. The van der Waals surface area contributed by atoms with E-state index < -0.39 is 0 Å². The first kappa shape index (κ1) is 14.1. The quantitative estimate of drug-likeness (QED) is 0.708. The summed E-state index contributed by atoms with van der Waals surface area (Å²) in [6.45, 7) is 4.19. The van der Waals surface area contributed by atoms with E-state index in [1.54, 1.807) is 11.8 Å². The fourth-order valence-electron chi connectivity index (χ4n) is 1.99. The third-order valence-corrected chi connectivity index (χ3v) is 4.09. The Labute approximate surface area is 124 Å². The van der Waals surface area contributed by atoms with Crippen LogP contribution in [0.4, 0.5) is 11.4 Å². The second kappa shape index (κ2) is 6.22. The number of thiocarbonyl (C=S) groups is 1. The van der Waals surface area contributed by atoms with E-state index in [0.29, 0.717) is 0 Å². The number of benzene rings is 2. The van der Waals surface area contributed by atoms with Crippen molar-refractivity contribution in [2.24, 2.45) is 0 Å². The van der Waals surface area contributed by atoms with Gasteiger partial charge in [-0.2, -0.15) is 0 Å². The highest BCUT2D eigenvalue weighted by atomic mass is 32.2. The van der Waals surface area contributed by atoms with Crippen LogP contribution in [0.15, 0.2) is 48.5 Å². The molecule has 2 aromatic carbocycles. The van der Waals surface area contributed by atoms with Crippen LogP contribution in [0.1, 0.15) is 11.1 Å². The molecule has 0 aliphatic carbocycles. The number of anilines is 2. The lowest BCUT2D eigenvalue weighted by molar-refractivity contribution is 1.34. The smallest absolute Gasteiger partial charge is 0.145 e. The van der Waals surface area contributed by atoms with E-state index in [4.69, 9.17) is 12.2 Å². The molecule has 19 heavy (non-hydrogen) atoms. The monoisotopic (exact) mass is 287 g/mol. The molecule has 0 radical (unpaired) electrons. The van der Waals surface area contributed by atoms with Gasteiger partial charge in [0.05, 0.1) is 0 Å². The maximum absolute atomic E-state index is 5.52. The highest BCUT2D eigenvalue weighted by Crippen LogP contribution is 2.29. The molecule has 1 nitrogen and oxygen atoms in total. The fourth-order valence-corrected chi connectivity index (χ4v) is 2.59. The molecule has 2 rings (SSSR count). The van der Waals surface area contributed by atoms with Crippen LogP contribution in [0.2, 0.25) is 0 Å². The molecule has 0 aliphatic rings. The summed E-state index contributed by atoms with van der Waals surface area (Å²) in [5.41, 5.74) is 4.70. The Morgan fingerprint density at radius 3 is 1.79 bits per heavy atom. The van der Waals surface area contributed by atoms with E-state index in [1.807, 2.05) is 6.26 Å². The van der Waals surface area contributed by atoms with E-state index >= 15 is 0 Å². The average Bonchev–Trinajstić information content (AvgIpc) is 2.39. The SMILES string of the molecule is CSC(=S)N(c1cccc(C)c1)c1cccc(C)c1. The molecule has 0 N–H and O–H groups in total. The van der Waals surface area contributed by atoms with Crippen molar-refractivity contribution in [1.82, 2.24) is 0 Å². The first-order valence-electron chi connectivity index (χ1n) is 6.13. The molecule has 98 valence electrons. The number of thioether (sulfide) groups is 1. The Kier molecular flexibility index (Phi) is 4.61. The molecule has 0 saturated carbocycles. The topological polar surface area (TPSA) is 3.24 Å². The summed E-state index contributed by atoms with van der Waals surface area (Å²) in [5.74, 6) is 0. The van der Waals surface area contributed by atoms with Gasteiger partial charge in [-0.15, -0.1) is 0 Å². The van der Waals surface area contributed by atoms with Gasteiger partial charge in [0.25, 0.3) is 0 Å². The second-order valence-corrected chi connectivity index (χ2v) is 5.92. The van der Waals surface area contributed by atoms with Crippen LogP contribution in [0.5, 0.6) is 0 Å². The Bertz CT molecular complexity index is 547. The summed E-state index contributed by atoms with van der Waals surface area (Å²) >= 11 is 7.11. The molecule has 0 spiro atoms. The van der Waals surface area contributed by atoms with Gasteiger partial charge in [-0.3, -0.25) is 4.90 Å². The van der Waals surface area contributed by atoms with Crippen LogP contribution >= 0.6 is 24.0 Å². The summed E-state index contributed by atoms with van der Waals surface area (Å²) in [4.78, 5) is 2.12. The summed E-state index contributed by atoms with van der Waals surface area (Å²) < 4.78 is 0.858. The van der Waals surface area contributed by atoms with Crippen molar-refractivity contribution in [2.75, 3.05) is 11.2 Å². The normalized spacial score (nSPS) is 10.3. The van der Waals surface area contributed by atoms with Gasteiger partial charge < -0.3 is 0 Å². The zero-order valence-corrected chi connectivity index (χ0v) is 13.0. The van der Waals surface area contributed by atoms with Crippen molar-refractivity contribution in [1.29, 1.82) is 0 Å². The zero-order valence-electron chi connectivity index (χ0n) is 11.4. The largest absolute Gasteiger partial charge is 0.296 e. The summed E-state index contributed by atoms with van der Waals surface area (Å²) in [6, 6.07) is 16.8. The fraction of sp³-hybridized carbons (Fsp3) is 0.188. The maximum Gasteiger partial charge on any atom is 0.145 e. The number of nitrogens with zero attached hydrogens (tertiary/aromatic N) is 1. The Balaban J connectivity index is 2.50. The number of hydrogen-bond donors (Lipinski definition) is 0. The standard InChI is InChI=1S/C16H17NS2/c1-12-6-4-8-14(10-12)17(16(18)19-3)15-9-5-7-13(2)11-15/h4-11H,1-3H3. The molecule has 0 saturated heterocycles. The van der Waals surface area contributed by atoms with E-state index in [2.05, 4.69) is 67.3 Å². The summed E-state index contributed by atoms with van der Waals surface area (Å²) in [7, 11) is 0. The van der Waals surface area contributed by atoms with Crippen molar-refractivity contribution in [2.45, 2.75) is 13.8 Å². The van der Waals surface area contributed by atoms with E-state index in [-0.39, 0.29) is 0 Å². The second-order valence-electron chi connectivity index (χ2n) is 4.48. The minimum Gasteiger partial charge on any atom is -0.296 e. The highest BCUT2D eigenvalue weighted by Gasteiger charge is 2.14. The van der Waals surface area contributed by atoms with Crippen molar-refractivity contribution < 1.29 is 0 Å². The first-order chi connectivity index (χ1) is 9.11. The van der Waals surface area contributed by atoms with Crippen molar-refractivity contribution in [3.05, 3.63) is 59.7 Å². The van der Waals surface area contributed by atoms with Crippen molar-refractivity contribution >= 4 is 39.7 Å². The lowest BCUT2D eigenvalue weighted by Gasteiger charge is -2.25. The Hall–Kier alpha value is -1.32. The number of rotatable bonds is 2. The van der Waals surface area contributed by atoms with Crippen LogP contribution in [0.25, 0.3) is 0 Å². The van der Waals surface area contributed by atoms with Gasteiger partial charge in [0, 0.05) is 11.4 Å². The Morgan fingerprint density at radius 1 is 0.947 bits per heavy atom. The predicted molar refractivity (Wildman–Crippen MR) is 90.6 cm³/mol. The molecule has 0 bridgehead atoms. The molecule has 0 atom stereocenters. The molecule has 2 aromatic rings. The molecule has 0 unspecified atom stereocenters. The van der Waals surface area contributed by atoms with Gasteiger partial charge in [-0.1, -0.05) is 48.2 Å². The van der Waals surface area contributed by atoms with E-state index in [9.17, 15) is 0 Å². The molecule has 0 amide bonds. The van der Waals surface area contributed by atoms with Crippen LogP contribution in [0, 0.1) is 13.8 Å². The molecule has 0 aromatic heterocycles. The minimum absolute atomic E-state index is 0.858. The van der Waals surface area contributed by atoms with Gasteiger partial charge in [0.15, 0.2) is 0 Å². The third-order valence-electron chi connectivity index (χ3n) is 2.88. The maximum atomic E-state index is 5.52. The van der Waals surface area contributed by atoms with Crippen LogP contribution < -0.4 is 4.90 Å². The van der Waals surface area contributed by atoms with Crippen LogP contribution in [-0.2, 0) is 0 Å². The summed E-state index contributed by atoms with van der Waals surface area (Å²) in [5, 5.41) is 0. The van der Waals surface area contributed by atoms with Gasteiger partial charge >= 0.3 is 0 Å². The lowest BCUT2D eigenvalue weighted by Crippen LogP contribution is -2.21. The first-order valence-corrected chi connectivity index (χ1v) is 7.76. The number of hydrogen-bond acceptors (Lipinski definition) is 2.